The summed E-state index contributed by atoms with van der Waals surface area (Å²) in [4.78, 5) is 13.1. The van der Waals surface area contributed by atoms with Gasteiger partial charge >= 0.3 is 0 Å². The molecule has 6 heteroatoms. The molecule has 0 aliphatic heterocycles. The van der Waals surface area contributed by atoms with Gasteiger partial charge in [-0.25, -0.2) is 0 Å². The lowest BCUT2D eigenvalue weighted by Crippen LogP contribution is -2.33. The molecule has 17 heavy (non-hydrogen) atoms. The van der Waals surface area contributed by atoms with Crippen LogP contribution in [0.1, 0.15) is 5.56 Å². The van der Waals surface area contributed by atoms with Gasteiger partial charge in [0.1, 0.15) is 0 Å². The largest absolute Gasteiger partial charge is 0.340 e. The molecule has 0 spiro atoms. The van der Waals surface area contributed by atoms with Crippen molar-refractivity contribution in [1.82, 2.24) is 10.2 Å². The van der Waals surface area contributed by atoms with Crippen molar-refractivity contribution in [3.8, 4) is 0 Å². The quantitative estimate of drug-likeness (QED) is 0.926. The van der Waals surface area contributed by atoms with E-state index in [0.717, 1.165) is 5.56 Å². The second-order valence-corrected chi connectivity index (χ2v) is 4.43. The molecule has 0 aliphatic rings. The van der Waals surface area contributed by atoms with E-state index in [1.165, 1.54) is 0 Å². The predicted molar refractivity (Wildman–Crippen MR) is 74.1 cm³/mol. The summed E-state index contributed by atoms with van der Waals surface area (Å²) in [6.45, 7) is 0.825. The SMILES string of the molecule is CNCC(=O)N(C)Cc1cc(Cl)cc(Cl)c1.Cl. The van der Waals surface area contributed by atoms with Crippen molar-refractivity contribution < 1.29 is 4.79 Å². The summed E-state index contributed by atoms with van der Waals surface area (Å²) < 4.78 is 0. The van der Waals surface area contributed by atoms with E-state index >= 15 is 0 Å². The number of hydrogen-bond donors (Lipinski definition) is 1. The van der Waals surface area contributed by atoms with E-state index in [1.807, 2.05) is 0 Å². The first kappa shape index (κ1) is 16.5. The number of nitrogens with one attached hydrogen (secondary N) is 1. The molecule has 0 aromatic heterocycles. The average molecular weight is 298 g/mol. The minimum atomic E-state index is 0. The number of rotatable bonds is 4. The van der Waals surface area contributed by atoms with Gasteiger partial charge < -0.3 is 10.2 Å². The van der Waals surface area contributed by atoms with Gasteiger partial charge in [-0.15, -0.1) is 12.4 Å². The molecule has 1 aromatic carbocycles. The third-order valence-corrected chi connectivity index (χ3v) is 2.53. The van der Waals surface area contributed by atoms with Gasteiger partial charge in [-0.1, -0.05) is 23.2 Å². The first-order valence-electron chi connectivity index (χ1n) is 4.86. The van der Waals surface area contributed by atoms with Crippen LogP contribution < -0.4 is 5.32 Å². The van der Waals surface area contributed by atoms with E-state index < -0.39 is 0 Å². The van der Waals surface area contributed by atoms with Crippen molar-refractivity contribution in [2.45, 2.75) is 6.54 Å². The van der Waals surface area contributed by atoms with Crippen LogP contribution in [0.2, 0.25) is 10.0 Å². The van der Waals surface area contributed by atoms with Gasteiger partial charge in [0.15, 0.2) is 0 Å². The Morgan fingerprint density at radius 2 is 1.82 bits per heavy atom. The number of amides is 1. The molecule has 1 rings (SSSR count). The predicted octanol–water partition coefficient (Wildman–Crippen LogP) is 2.59. The molecule has 0 saturated carbocycles. The molecule has 0 bridgehead atoms. The Bertz CT molecular complexity index is 365. The third-order valence-electron chi connectivity index (χ3n) is 2.10. The molecular weight excluding hydrogens is 282 g/mol. The maximum Gasteiger partial charge on any atom is 0.236 e. The maximum absolute atomic E-state index is 11.5. The van der Waals surface area contributed by atoms with Crippen molar-refractivity contribution in [1.29, 1.82) is 0 Å². The van der Waals surface area contributed by atoms with Crippen molar-refractivity contribution in [3.05, 3.63) is 33.8 Å². The van der Waals surface area contributed by atoms with Gasteiger partial charge in [0, 0.05) is 23.6 Å². The van der Waals surface area contributed by atoms with Gasteiger partial charge in [-0.3, -0.25) is 4.79 Å². The highest BCUT2D eigenvalue weighted by molar-refractivity contribution is 6.34. The van der Waals surface area contributed by atoms with Gasteiger partial charge in [0.2, 0.25) is 5.91 Å². The maximum atomic E-state index is 11.5. The van der Waals surface area contributed by atoms with Gasteiger partial charge in [0.25, 0.3) is 0 Å². The summed E-state index contributed by atoms with van der Waals surface area (Å²) in [5, 5.41) is 3.97. The van der Waals surface area contributed by atoms with Crippen LogP contribution in [0.15, 0.2) is 18.2 Å². The zero-order chi connectivity index (χ0) is 12.1. The number of nitrogens with zero attached hydrogens (tertiary/aromatic N) is 1. The zero-order valence-electron chi connectivity index (χ0n) is 9.67. The second kappa shape index (κ2) is 7.77. The molecule has 96 valence electrons. The molecular formula is C11H15Cl3N2O. The number of carbonyl (C=O) groups is 1. The Kier molecular flexibility index (Phi) is 7.55. The lowest BCUT2D eigenvalue weighted by atomic mass is 10.2. The van der Waals surface area contributed by atoms with Gasteiger partial charge in [0.05, 0.1) is 6.54 Å². The molecule has 3 nitrogen and oxygen atoms in total. The van der Waals surface area contributed by atoms with Crippen LogP contribution in [-0.2, 0) is 11.3 Å². The number of hydrogen-bond acceptors (Lipinski definition) is 2. The molecule has 0 heterocycles. The summed E-state index contributed by atoms with van der Waals surface area (Å²) in [6.07, 6.45) is 0. The fourth-order valence-corrected chi connectivity index (χ4v) is 1.92. The lowest BCUT2D eigenvalue weighted by Gasteiger charge is -2.17. The normalized spacial score (nSPS) is 9.65. The number of likely N-dealkylation sites (N-methyl/N-ethyl adjacent to an activating group) is 2. The molecule has 1 aromatic rings. The van der Waals surface area contributed by atoms with Crippen LogP contribution in [0, 0.1) is 0 Å². The summed E-state index contributed by atoms with van der Waals surface area (Å²) in [6, 6.07) is 5.27. The zero-order valence-corrected chi connectivity index (χ0v) is 12.0. The average Bonchev–Trinajstić information content (AvgIpc) is 2.16. The first-order chi connectivity index (χ1) is 7.52. The van der Waals surface area contributed by atoms with Crippen molar-refractivity contribution >= 4 is 41.5 Å². The number of carbonyl (C=O) groups excluding carboxylic acids is 1. The molecule has 0 atom stereocenters. The number of benzene rings is 1. The van der Waals surface area contributed by atoms with Gasteiger partial charge in [-0.2, -0.15) is 0 Å². The second-order valence-electron chi connectivity index (χ2n) is 3.56. The smallest absolute Gasteiger partial charge is 0.236 e. The van der Waals surface area contributed by atoms with Crippen molar-refractivity contribution in [3.63, 3.8) is 0 Å². The van der Waals surface area contributed by atoms with E-state index in [1.54, 1.807) is 37.2 Å². The van der Waals surface area contributed by atoms with Crippen LogP contribution in [0.5, 0.6) is 0 Å². The van der Waals surface area contributed by atoms with Crippen molar-refractivity contribution in [2.75, 3.05) is 20.6 Å². The molecule has 0 fully saturated rings. The standard InChI is InChI=1S/C11H14Cl2N2O.ClH/c1-14-6-11(16)15(2)7-8-3-9(12)5-10(13)4-8;/h3-5,14H,6-7H2,1-2H3;1H. The Balaban J connectivity index is 0.00000256. The highest BCUT2D eigenvalue weighted by Gasteiger charge is 2.08. The van der Waals surface area contributed by atoms with Crippen LogP contribution in [0.4, 0.5) is 0 Å². The molecule has 0 saturated heterocycles. The summed E-state index contributed by atoms with van der Waals surface area (Å²) in [5.41, 5.74) is 0.921. The Labute approximate surface area is 117 Å². The molecule has 0 unspecified atom stereocenters. The van der Waals surface area contributed by atoms with Crippen LogP contribution in [0.3, 0.4) is 0 Å². The van der Waals surface area contributed by atoms with Crippen LogP contribution >= 0.6 is 35.6 Å². The molecule has 0 aliphatic carbocycles. The van der Waals surface area contributed by atoms with Gasteiger partial charge in [-0.05, 0) is 30.8 Å². The third kappa shape index (κ3) is 5.59. The minimum Gasteiger partial charge on any atom is -0.340 e. The lowest BCUT2D eigenvalue weighted by molar-refractivity contribution is -0.129. The highest BCUT2D eigenvalue weighted by Crippen LogP contribution is 2.19. The van der Waals surface area contributed by atoms with Crippen molar-refractivity contribution in [2.24, 2.45) is 0 Å². The number of halogens is 3. The minimum absolute atomic E-state index is 0. The van der Waals surface area contributed by atoms with Crippen LogP contribution in [0.25, 0.3) is 0 Å². The fourth-order valence-electron chi connectivity index (χ4n) is 1.35. The molecule has 1 amide bonds. The topological polar surface area (TPSA) is 32.3 Å². The van der Waals surface area contributed by atoms with E-state index in [-0.39, 0.29) is 18.3 Å². The summed E-state index contributed by atoms with van der Waals surface area (Å²) >= 11 is 11.7. The molecule has 1 N–H and O–H groups in total. The Hall–Kier alpha value is -0.480. The fraction of sp³-hybridized carbons (Fsp3) is 0.364. The van der Waals surface area contributed by atoms with E-state index in [2.05, 4.69) is 5.32 Å². The monoisotopic (exact) mass is 296 g/mol. The Morgan fingerprint density at radius 3 is 2.29 bits per heavy atom. The Morgan fingerprint density at radius 1 is 1.29 bits per heavy atom. The van der Waals surface area contributed by atoms with E-state index in [4.69, 9.17) is 23.2 Å². The first-order valence-corrected chi connectivity index (χ1v) is 5.62. The summed E-state index contributed by atoms with van der Waals surface area (Å²) in [7, 11) is 3.48. The van der Waals surface area contributed by atoms with E-state index in [9.17, 15) is 4.79 Å². The molecule has 0 radical (unpaired) electrons. The highest BCUT2D eigenvalue weighted by atomic mass is 35.5. The van der Waals surface area contributed by atoms with E-state index in [0.29, 0.717) is 23.1 Å². The van der Waals surface area contributed by atoms with Crippen LogP contribution in [-0.4, -0.2) is 31.4 Å². The summed E-state index contributed by atoms with van der Waals surface area (Å²) in [5.74, 6) is 0.0265.